The highest BCUT2D eigenvalue weighted by Gasteiger charge is 2.15. The molecule has 12 heavy (non-hydrogen) atoms. The monoisotopic (exact) mass is 301 g/mol. The first-order chi connectivity index (χ1) is 5.41. The van der Waals surface area contributed by atoms with Gasteiger partial charge in [0.1, 0.15) is 4.90 Å². The first-order valence-electron chi connectivity index (χ1n) is 2.91. The van der Waals surface area contributed by atoms with Gasteiger partial charge in [0.05, 0.1) is 5.69 Å². The van der Waals surface area contributed by atoms with E-state index >= 15 is 0 Å². The van der Waals surface area contributed by atoms with Crippen LogP contribution >= 0.6 is 22.6 Å². The summed E-state index contributed by atoms with van der Waals surface area (Å²) in [4.78, 5) is -0.464. The molecule has 2 N–H and O–H groups in total. The molecule has 0 heterocycles. The van der Waals surface area contributed by atoms with Crippen molar-refractivity contribution < 1.29 is 12.3 Å². The minimum Gasteiger partial charge on any atom is -0.398 e. The lowest BCUT2D eigenvalue weighted by Crippen LogP contribution is -1.98. The zero-order valence-corrected chi connectivity index (χ0v) is 8.76. The van der Waals surface area contributed by atoms with Gasteiger partial charge in [-0.05, 0) is 40.8 Å². The normalized spacial score (nSPS) is 11.5. The first kappa shape index (κ1) is 9.72. The van der Waals surface area contributed by atoms with Gasteiger partial charge in [-0.15, -0.1) is 3.89 Å². The third-order valence-corrected chi connectivity index (χ3v) is 2.79. The molecule has 0 saturated carbocycles. The molecule has 0 bridgehead atoms. The Kier molecular flexibility index (Phi) is 2.57. The van der Waals surface area contributed by atoms with E-state index < -0.39 is 15.1 Å². The summed E-state index contributed by atoms with van der Waals surface area (Å²) in [5, 5.41) is 0. The van der Waals surface area contributed by atoms with Crippen molar-refractivity contribution in [1.82, 2.24) is 0 Å². The van der Waals surface area contributed by atoms with Crippen LogP contribution in [0.15, 0.2) is 23.1 Å². The van der Waals surface area contributed by atoms with Gasteiger partial charge in [0.15, 0.2) is 0 Å². The van der Waals surface area contributed by atoms with Crippen LogP contribution in [0.25, 0.3) is 0 Å². The van der Waals surface area contributed by atoms with E-state index in [2.05, 4.69) is 0 Å². The number of halogens is 2. The molecule has 0 saturated heterocycles. The third kappa shape index (κ3) is 2.07. The van der Waals surface area contributed by atoms with E-state index in [0.29, 0.717) is 3.57 Å². The van der Waals surface area contributed by atoms with Crippen LogP contribution in [0.5, 0.6) is 0 Å². The van der Waals surface area contributed by atoms with E-state index in [1.807, 2.05) is 22.6 Å². The quantitative estimate of drug-likeness (QED) is 0.486. The van der Waals surface area contributed by atoms with Crippen LogP contribution in [0.1, 0.15) is 0 Å². The van der Waals surface area contributed by atoms with Crippen molar-refractivity contribution in [3.63, 3.8) is 0 Å². The first-order valence-corrected chi connectivity index (χ1v) is 5.37. The van der Waals surface area contributed by atoms with Crippen LogP contribution in [0.4, 0.5) is 9.57 Å². The number of nitrogens with two attached hydrogens (primary N) is 1. The zero-order valence-electron chi connectivity index (χ0n) is 5.79. The molecule has 0 atom stereocenters. The summed E-state index contributed by atoms with van der Waals surface area (Å²) in [6.07, 6.45) is 0. The summed E-state index contributed by atoms with van der Waals surface area (Å²) in [5.74, 6) is 0. The summed E-state index contributed by atoms with van der Waals surface area (Å²) in [7, 11) is -4.69. The van der Waals surface area contributed by atoms with E-state index in [-0.39, 0.29) is 5.69 Å². The predicted molar refractivity (Wildman–Crippen MR) is 51.9 cm³/mol. The van der Waals surface area contributed by atoms with Crippen molar-refractivity contribution in [1.29, 1.82) is 0 Å². The number of hydrogen-bond donors (Lipinski definition) is 1. The highest BCUT2D eigenvalue weighted by Crippen LogP contribution is 2.22. The molecule has 0 aliphatic rings. The van der Waals surface area contributed by atoms with Gasteiger partial charge in [0, 0.05) is 3.57 Å². The number of benzene rings is 1. The average molecular weight is 301 g/mol. The maximum Gasteiger partial charge on any atom is 0.334 e. The van der Waals surface area contributed by atoms with Gasteiger partial charge in [0.25, 0.3) is 0 Å². The summed E-state index contributed by atoms with van der Waals surface area (Å²) in [6.45, 7) is 0. The standard InChI is InChI=1S/C6H5FINO2S/c7-12(10,11)6-3-4(8)1-2-5(6)9/h1-3H,9H2. The second-order valence-corrected chi connectivity index (χ2v) is 4.68. The Morgan fingerprint density at radius 1 is 1.42 bits per heavy atom. The molecule has 0 unspecified atom stereocenters. The maximum absolute atomic E-state index is 12.5. The second-order valence-electron chi connectivity index (χ2n) is 2.12. The molecule has 0 fully saturated rings. The van der Waals surface area contributed by atoms with Crippen LogP contribution in [-0.2, 0) is 10.2 Å². The number of rotatable bonds is 1. The highest BCUT2D eigenvalue weighted by atomic mass is 127. The van der Waals surface area contributed by atoms with Crippen LogP contribution in [0.3, 0.4) is 0 Å². The van der Waals surface area contributed by atoms with Gasteiger partial charge in [-0.3, -0.25) is 0 Å². The topological polar surface area (TPSA) is 60.2 Å². The minimum atomic E-state index is -4.69. The lowest BCUT2D eigenvalue weighted by Gasteiger charge is -1.99. The largest absolute Gasteiger partial charge is 0.398 e. The molecular formula is C6H5FINO2S. The summed E-state index contributed by atoms with van der Waals surface area (Å²) in [5.41, 5.74) is 5.18. The van der Waals surface area contributed by atoms with E-state index in [1.165, 1.54) is 12.1 Å². The molecule has 6 heteroatoms. The lowest BCUT2D eigenvalue weighted by molar-refractivity contribution is 0.552. The third-order valence-electron chi connectivity index (χ3n) is 1.24. The zero-order chi connectivity index (χ0) is 9.35. The molecule has 0 amide bonds. The molecule has 1 rings (SSSR count). The van der Waals surface area contributed by atoms with Gasteiger partial charge in [-0.2, -0.15) is 8.42 Å². The molecule has 0 radical (unpaired) electrons. The molecule has 0 aliphatic heterocycles. The number of nitrogen functional groups attached to an aromatic ring is 1. The number of hydrogen-bond acceptors (Lipinski definition) is 3. The fourth-order valence-corrected chi connectivity index (χ4v) is 2.04. The Balaban J connectivity index is 3.43. The smallest absolute Gasteiger partial charge is 0.334 e. The predicted octanol–water partition coefficient (Wildman–Crippen LogP) is 1.53. The Morgan fingerprint density at radius 2 is 2.00 bits per heavy atom. The Bertz CT molecular complexity index is 404. The molecule has 0 aliphatic carbocycles. The average Bonchev–Trinajstić information content (AvgIpc) is 1.92. The number of anilines is 1. The van der Waals surface area contributed by atoms with Gasteiger partial charge in [-0.25, -0.2) is 0 Å². The van der Waals surface area contributed by atoms with Gasteiger partial charge in [0.2, 0.25) is 0 Å². The summed E-state index contributed by atoms with van der Waals surface area (Å²) < 4.78 is 34.0. The SMILES string of the molecule is Nc1ccc(I)cc1S(=O)(=O)F. The van der Waals surface area contributed by atoms with Crippen LogP contribution in [0, 0.1) is 3.57 Å². The maximum atomic E-state index is 12.5. The second kappa shape index (κ2) is 3.17. The van der Waals surface area contributed by atoms with Crippen LogP contribution in [-0.4, -0.2) is 8.42 Å². The fraction of sp³-hybridized carbons (Fsp3) is 0. The molecule has 3 nitrogen and oxygen atoms in total. The molecule has 1 aromatic rings. The fourth-order valence-electron chi connectivity index (χ4n) is 0.719. The Morgan fingerprint density at radius 3 is 2.42 bits per heavy atom. The molecule has 1 aromatic carbocycles. The molecule has 66 valence electrons. The molecule has 0 aromatic heterocycles. The van der Waals surface area contributed by atoms with E-state index in [4.69, 9.17) is 5.73 Å². The Labute approximate surface area is 83.1 Å². The van der Waals surface area contributed by atoms with Crippen LogP contribution in [0.2, 0.25) is 0 Å². The van der Waals surface area contributed by atoms with Crippen molar-refractivity contribution in [2.75, 3.05) is 5.73 Å². The van der Waals surface area contributed by atoms with Gasteiger partial charge >= 0.3 is 10.2 Å². The van der Waals surface area contributed by atoms with E-state index in [9.17, 15) is 12.3 Å². The Hall–Kier alpha value is -0.370. The summed E-state index contributed by atoms with van der Waals surface area (Å²) in [6, 6.07) is 4.14. The van der Waals surface area contributed by atoms with Crippen molar-refractivity contribution in [2.24, 2.45) is 0 Å². The van der Waals surface area contributed by atoms with Gasteiger partial charge < -0.3 is 5.73 Å². The van der Waals surface area contributed by atoms with Crippen molar-refractivity contribution in [3.05, 3.63) is 21.8 Å². The van der Waals surface area contributed by atoms with Gasteiger partial charge in [-0.1, -0.05) is 0 Å². The summed E-state index contributed by atoms with van der Waals surface area (Å²) >= 11 is 1.88. The van der Waals surface area contributed by atoms with Crippen molar-refractivity contribution in [3.8, 4) is 0 Å². The lowest BCUT2D eigenvalue weighted by atomic mass is 10.3. The molecular weight excluding hydrogens is 296 g/mol. The van der Waals surface area contributed by atoms with Crippen molar-refractivity contribution >= 4 is 38.5 Å². The van der Waals surface area contributed by atoms with E-state index in [1.54, 1.807) is 6.07 Å². The van der Waals surface area contributed by atoms with Crippen LogP contribution < -0.4 is 5.73 Å². The van der Waals surface area contributed by atoms with E-state index in [0.717, 1.165) is 0 Å². The minimum absolute atomic E-state index is 0.0714. The highest BCUT2D eigenvalue weighted by molar-refractivity contribution is 14.1. The van der Waals surface area contributed by atoms with Crippen molar-refractivity contribution in [2.45, 2.75) is 4.90 Å². The molecule has 0 spiro atoms.